The average molecular weight is 478 g/mol. The summed E-state index contributed by atoms with van der Waals surface area (Å²) in [6, 6.07) is 17.2. The smallest absolute Gasteiger partial charge is 0.261 e. The zero-order chi connectivity index (χ0) is 21.4. The van der Waals surface area contributed by atoms with Gasteiger partial charge in [-0.25, -0.2) is 0 Å². The highest BCUT2D eigenvalue weighted by molar-refractivity contribution is 9.08. The Balaban J connectivity index is 1.47. The molecule has 5 rings (SSSR count). The Hall–Kier alpha value is -3.19. The van der Waals surface area contributed by atoms with E-state index in [4.69, 9.17) is 9.47 Å². The first-order valence-corrected chi connectivity index (χ1v) is 11.1. The number of benzene rings is 2. The molecule has 1 unspecified atom stereocenters. The number of aromatic nitrogens is 1. The zero-order valence-corrected chi connectivity index (χ0v) is 18.5. The van der Waals surface area contributed by atoms with Gasteiger partial charge in [-0.05, 0) is 29.8 Å². The van der Waals surface area contributed by atoms with Crippen molar-refractivity contribution < 1.29 is 14.3 Å². The fraction of sp³-hybridized carbons (Fsp3) is 0.208. The van der Waals surface area contributed by atoms with Crippen LogP contribution in [0, 0.1) is 0 Å². The first-order valence-electron chi connectivity index (χ1n) is 9.99. The minimum absolute atomic E-state index is 0.0843. The molecule has 2 aromatic carbocycles. The van der Waals surface area contributed by atoms with Crippen molar-refractivity contribution in [1.29, 1.82) is 0 Å². The highest BCUT2D eigenvalue weighted by atomic mass is 79.9. The fourth-order valence-corrected chi connectivity index (χ4v) is 4.34. The number of hydrogen-bond donors (Lipinski definition) is 0. The Bertz CT molecular complexity index is 1190. The van der Waals surface area contributed by atoms with Crippen LogP contribution in [0.4, 0.5) is 11.4 Å². The van der Waals surface area contributed by atoms with Gasteiger partial charge in [0.05, 0.1) is 35.8 Å². The van der Waals surface area contributed by atoms with Gasteiger partial charge < -0.3 is 9.47 Å². The number of pyridine rings is 1. The number of amides is 1. The van der Waals surface area contributed by atoms with Crippen molar-refractivity contribution in [2.24, 2.45) is 4.99 Å². The lowest BCUT2D eigenvalue weighted by Gasteiger charge is -2.22. The van der Waals surface area contributed by atoms with Crippen LogP contribution >= 0.6 is 15.9 Å². The number of anilines is 1. The van der Waals surface area contributed by atoms with Crippen molar-refractivity contribution in [3.63, 3.8) is 0 Å². The molecule has 1 amide bonds. The zero-order valence-electron chi connectivity index (χ0n) is 16.9. The number of carbonyl (C=O) groups excluding carboxylic acids is 1. The molecule has 6 nitrogen and oxygen atoms in total. The van der Waals surface area contributed by atoms with Crippen LogP contribution in [-0.2, 0) is 18.4 Å². The Kier molecular flexibility index (Phi) is 5.19. The molecule has 0 radical (unpaired) electrons. The standard InChI is InChI=1S/C24H20BrN3O3/c1-30-22-10-19-20(11-23(22)31-14-17-7-4-6-16(12-25)27-17)26-13-18-9-15-5-2-3-8-21(15)28(18)24(19)29/h2-8,10-11,13,18H,9,12,14H2,1H3. The van der Waals surface area contributed by atoms with Gasteiger partial charge in [-0.3, -0.25) is 19.7 Å². The second kappa shape index (κ2) is 8.15. The third-order valence-electron chi connectivity index (χ3n) is 5.51. The lowest BCUT2D eigenvalue weighted by Crippen LogP contribution is -2.37. The SMILES string of the molecule is COc1cc2c(cc1OCc1cccc(CBr)n1)N=CC1Cc3ccccc3N1C2=O. The van der Waals surface area contributed by atoms with Crippen molar-refractivity contribution in [2.75, 3.05) is 12.0 Å². The lowest BCUT2D eigenvalue weighted by atomic mass is 10.1. The Morgan fingerprint density at radius 1 is 1.10 bits per heavy atom. The van der Waals surface area contributed by atoms with E-state index in [-0.39, 0.29) is 18.6 Å². The molecule has 0 saturated carbocycles. The third-order valence-corrected chi connectivity index (χ3v) is 6.08. The number of hydrogen-bond acceptors (Lipinski definition) is 5. The summed E-state index contributed by atoms with van der Waals surface area (Å²) in [5, 5.41) is 0.681. The second-order valence-corrected chi connectivity index (χ2v) is 7.98. The second-order valence-electron chi connectivity index (χ2n) is 7.42. The predicted molar refractivity (Wildman–Crippen MR) is 123 cm³/mol. The molecule has 3 aromatic rings. The van der Waals surface area contributed by atoms with Crippen molar-refractivity contribution >= 4 is 39.4 Å². The Morgan fingerprint density at radius 3 is 2.77 bits per heavy atom. The molecule has 0 spiro atoms. The maximum absolute atomic E-state index is 13.4. The number of rotatable bonds is 5. The number of halogens is 1. The lowest BCUT2D eigenvalue weighted by molar-refractivity contribution is 0.0986. The van der Waals surface area contributed by atoms with Crippen LogP contribution in [-0.4, -0.2) is 30.3 Å². The molecule has 0 bridgehead atoms. The van der Waals surface area contributed by atoms with Crippen LogP contribution in [0.5, 0.6) is 11.5 Å². The van der Waals surface area contributed by atoms with Crippen LogP contribution in [0.2, 0.25) is 0 Å². The van der Waals surface area contributed by atoms with E-state index in [0.717, 1.165) is 29.1 Å². The topological polar surface area (TPSA) is 64.0 Å². The quantitative estimate of drug-likeness (QED) is 0.492. The number of aliphatic imine (C=N–C) groups is 1. The molecule has 3 heterocycles. The van der Waals surface area contributed by atoms with Gasteiger partial charge >= 0.3 is 0 Å². The number of fused-ring (bicyclic) bond motifs is 4. The maximum atomic E-state index is 13.4. The van der Waals surface area contributed by atoms with Crippen LogP contribution in [0.15, 0.2) is 59.6 Å². The molecular weight excluding hydrogens is 458 g/mol. The van der Waals surface area contributed by atoms with E-state index in [2.05, 4.69) is 32.0 Å². The van der Waals surface area contributed by atoms with Gasteiger partial charge in [-0.15, -0.1) is 0 Å². The number of ether oxygens (including phenoxy) is 2. The van der Waals surface area contributed by atoms with E-state index in [9.17, 15) is 4.79 Å². The van der Waals surface area contributed by atoms with Crippen molar-refractivity contribution in [2.45, 2.75) is 24.4 Å². The summed E-state index contributed by atoms with van der Waals surface area (Å²) >= 11 is 3.42. The average Bonchev–Trinajstić information content (AvgIpc) is 3.13. The Labute approximate surface area is 188 Å². The third kappa shape index (κ3) is 3.59. The van der Waals surface area contributed by atoms with Gasteiger partial charge in [0.2, 0.25) is 0 Å². The van der Waals surface area contributed by atoms with Crippen LogP contribution in [0.25, 0.3) is 0 Å². The molecule has 2 aliphatic rings. The fourth-order valence-electron chi connectivity index (χ4n) is 4.02. The summed E-state index contributed by atoms with van der Waals surface area (Å²) in [5.74, 6) is 0.934. The predicted octanol–water partition coefficient (Wildman–Crippen LogP) is 4.85. The number of para-hydroxylation sites is 1. The van der Waals surface area contributed by atoms with Crippen molar-refractivity contribution in [3.05, 3.63) is 77.1 Å². The molecule has 0 saturated heterocycles. The van der Waals surface area contributed by atoms with E-state index >= 15 is 0 Å². The van der Waals surface area contributed by atoms with Crippen LogP contribution < -0.4 is 14.4 Å². The molecule has 2 aliphatic heterocycles. The molecule has 31 heavy (non-hydrogen) atoms. The first-order chi connectivity index (χ1) is 15.2. The molecule has 0 aliphatic carbocycles. The molecular formula is C24H20BrN3O3. The summed E-state index contributed by atoms with van der Waals surface area (Å²) in [5.41, 5.74) is 4.92. The maximum Gasteiger partial charge on any atom is 0.261 e. The number of alkyl halides is 1. The first kappa shape index (κ1) is 19.8. The highest BCUT2D eigenvalue weighted by Gasteiger charge is 2.36. The molecule has 156 valence electrons. The number of methoxy groups -OCH3 is 1. The van der Waals surface area contributed by atoms with E-state index in [1.165, 1.54) is 0 Å². The van der Waals surface area contributed by atoms with E-state index in [0.29, 0.717) is 28.1 Å². The molecule has 0 N–H and O–H groups in total. The van der Waals surface area contributed by atoms with Crippen molar-refractivity contribution in [3.8, 4) is 11.5 Å². The Morgan fingerprint density at radius 2 is 1.94 bits per heavy atom. The molecule has 7 heteroatoms. The summed E-state index contributed by atoms with van der Waals surface area (Å²) < 4.78 is 11.5. The van der Waals surface area contributed by atoms with Gasteiger partial charge in [0.1, 0.15) is 6.61 Å². The van der Waals surface area contributed by atoms with Gasteiger partial charge in [0, 0.05) is 29.7 Å². The molecule has 1 atom stereocenters. The van der Waals surface area contributed by atoms with Gasteiger partial charge in [0.15, 0.2) is 11.5 Å². The minimum atomic E-state index is -0.0937. The van der Waals surface area contributed by atoms with E-state index in [1.54, 1.807) is 19.2 Å². The monoisotopic (exact) mass is 477 g/mol. The summed E-state index contributed by atoms with van der Waals surface area (Å²) in [6.07, 6.45) is 2.61. The van der Waals surface area contributed by atoms with E-state index in [1.807, 2.05) is 47.5 Å². The van der Waals surface area contributed by atoms with Crippen LogP contribution in [0.3, 0.4) is 0 Å². The highest BCUT2D eigenvalue weighted by Crippen LogP contribution is 2.40. The molecule has 1 aromatic heterocycles. The van der Waals surface area contributed by atoms with Gasteiger partial charge in [0.25, 0.3) is 5.91 Å². The van der Waals surface area contributed by atoms with E-state index < -0.39 is 0 Å². The largest absolute Gasteiger partial charge is 0.493 e. The number of nitrogens with zero attached hydrogens (tertiary/aromatic N) is 3. The van der Waals surface area contributed by atoms with Crippen LogP contribution in [0.1, 0.15) is 27.3 Å². The normalized spacial score (nSPS) is 16.4. The summed E-state index contributed by atoms with van der Waals surface area (Å²) in [7, 11) is 1.57. The van der Waals surface area contributed by atoms with Gasteiger partial charge in [-0.1, -0.05) is 40.2 Å². The van der Waals surface area contributed by atoms with Crippen molar-refractivity contribution in [1.82, 2.24) is 4.98 Å². The van der Waals surface area contributed by atoms with Gasteiger partial charge in [-0.2, -0.15) is 0 Å². The minimum Gasteiger partial charge on any atom is -0.493 e. The summed E-state index contributed by atoms with van der Waals surface area (Å²) in [6.45, 7) is 0.287. The molecule has 0 fully saturated rings. The number of carbonyl (C=O) groups is 1. The summed E-state index contributed by atoms with van der Waals surface area (Å²) in [4.78, 5) is 24.4.